The van der Waals surface area contributed by atoms with E-state index in [9.17, 15) is 18.7 Å². The summed E-state index contributed by atoms with van der Waals surface area (Å²) in [6.45, 7) is -0.891. The molecule has 0 spiro atoms. The van der Waals surface area contributed by atoms with Gasteiger partial charge in [0.1, 0.15) is 17.7 Å². The summed E-state index contributed by atoms with van der Waals surface area (Å²) in [5, 5.41) is 13.9. The largest absolute Gasteiger partial charge is 0.507 e. The highest BCUT2D eigenvalue weighted by atomic mass is 19.1. The van der Waals surface area contributed by atoms with Gasteiger partial charge in [0.05, 0.1) is 24.1 Å². The van der Waals surface area contributed by atoms with Crippen molar-refractivity contribution in [2.24, 2.45) is 0 Å². The molecule has 2 aliphatic rings. The minimum Gasteiger partial charge on any atom is -0.507 e. The predicted molar refractivity (Wildman–Crippen MR) is 122 cm³/mol. The number of hydrogen-bond donors (Lipinski definition) is 2. The van der Waals surface area contributed by atoms with E-state index >= 15 is 0 Å². The van der Waals surface area contributed by atoms with Crippen LogP contribution >= 0.6 is 0 Å². The molecule has 4 heterocycles. The van der Waals surface area contributed by atoms with Crippen molar-refractivity contribution in [1.29, 1.82) is 0 Å². The molecule has 0 radical (unpaired) electrons. The van der Waals surface area contributed by atoms with Crippen molar-refractivity contribution in [3.63, 3.8) is 0 Å². The summed E-state index contributed by atoms with van der Waals surface area (Å²) in [5.41, 5.74) is 1.71. The molecule has 0 aliphatic carbocycles. The number of nitrogens with one attached hydrogen (secondary N) is 1. The molecule has 0 amide bonds. The van der Waals surface area contributed by atoms with Gasteiger partial charge in [0.15, 0.2) is 6.80 Å². The lowest BCUT2D eigenvalue weighted by molar-refractivity contribution is 0.176. The standard InChI is InChI=1S/C24H25F2N5O2/c1-30(20-10-16-3-5-18(29-16)24(20)26)22-12-27-19(11-28-22)17-4-2-14(8-21(17)32)15-6-7-31(13-25)23(33)9-15/h2,4,6-9,11-12,16,18,20,24,29,32H,3,5,10,13H2,1H3/t16-,18+,20-,24+/m0/s1. The quantitative estimate of drug-likeness (QED) is 0.617. The lowest BCUT2D eigenvalue weighted by atomic mass is 9.96. The van der Waals surface area contributed by atoms with Gasteiger partial charge < -0.3 is 15.3 Å². The van der Waals surface area contributed by atoms with Crippen molar-refractivity contribution in [2.75, 3.05) is 11.9 Å². The van der Waals surface area contributed by atoms with Crippen LogP contribution in [-0.2, 0) is 6.80 Å². The molecule has 7 nitrogen and oxygen atoms in total. The summed E-state index contributed by atoms with van der Waals surface area (Å²) in [4.78, 5) is 22.7. The van der Waals surface area contributed by atoms with Crippen LogP contribution in [0.1, 0.15) is 19.3 Å². The van der Waals surface area contributed by atoms with Crippen LogP contribution in [0.15, 0.2) is 53.7 Å². The zero-order valence-electron chi connectivity index (χ0n) is 18.2. The van der Waals surface area contributed by atoms with Gasteiger partial charge in [-0.25, -0.2) is 13.8 Å². The lowest BCUT2D eigenvalue weighted by Crippen LogP contribution is -2.55. The first-order valence-electron chi connectivity index (χ1n) is 11.0. The van der Waals surface area contributed by atoms with Crippen molar-refractivity contribution in [1.82, 2.24) is 19.9 Å². The predicted octanol–water partition coefficient (Wildman–Crippen LogP) is 3.27. The van der Waals surface area contributed by atoms with Crippen LogP contribution in [0.25, 0.3) is 22.4 Å². The molecule has 2 bridgehead atoms. The Balaban J connectivity index is 1.36. The molecule has 2 fully saturated rings. The zero-order chi connectivity index (χ0) is 23.1. The van der Waals surface area contributed by atoms with E-state index in [1.165, 1.54) is 18.3 Å². The highest BCUT2D eigenvalue weighted by Gasteiger charge is 2.43. The van der Waals surface area contributed by atoms with E-state index in [1.54, 1.807) is 30.6 Å². The average Bonchev–Trinajstić information content (AvgIpc) is 3.24. The molecule has 2 aromatic heterocycles. The van der Waals surface area contributed by atoms with Crippen LogP contribution in [0.3, 0.4) is 0 Å². The summed E-state index contributed by atoms with van der Waals surface area (Å²) in [5.74, 6) is 0.563. The van der Waals surface area contributed by atoms with Gasteiger partial charge in [0.25, 0.3) is 5.56 Å². The Hall–Kier alpha value is -3.33. The maximum atomic E-state index is 14.9. The van der Waals surface area contributed by atoms with Crippen LogP contribution in [0.5, 0.6) is 5.75 Å². The number of alkyl halides is 2. The first-order chi connectivity index (χ1) is 15.9. The molecule has 9 heteroatoms. The Morgan fingerprint density at radius 2 is 2.00 bits per heavy atom. The Kier molecular flexibility index (Phi) is 5.57. The zero-order valence-corrected chi connectivity index (χ0v) is 18.2. The van der Waals surface area contributed by atoms with Gasteiger partial charge in [-0.1, -0.05) is 6.07 Å². The van der Waals surface area contributed by atoms with Gasteiger partial charge in [-0.2, -0.15) is 0 Å². The smallest absolute Gasteiger partial charge is 0.253 e. The van der Waals surface area contributed by atoms with Gasteiger partial charge in [-0.3, -0.25) is 14.3 Å². The number of piperidine rings is 1. The number of fused-ring (bicyclic) bond motifs is 2. The molecule has 2 saturated heterocycles. The number of rotatable bonds is 5. The van der Waals surface area contributed by atoms with E-state index in [2.05, 4.69) is 15.3 Å². The second-order valence-corrected chi connectivity index (χ2v) is 8.74. The number of hydrogen-bond acceptors (Lipinski definition) is 6. The van der Waals surface area contributed by atoms with Gasteiger partial charge in [0.2, 0.25) is 0 Å². The first-order valence-corrected chi connectivity index (χ1v) is 11.0. The van der Waals surface area contributed by atoms with Crippen LogP contribution in [0, 0.1) is 0 Å². The fourth-order valence-corrected chi connectivity index (χ4v) is 4.87. The van der Waals surface area contributed by atoms with E-state index in [1.807, 2.05) is 11.9 Å². The van der Waals surface area contributed by atoms with E-state index in [4.69, 9.17) is 0 Å². The molecule has 0 saturated carbocycles. The van der Waals surface area contributed by atoms with Crippen LogP contribution in [0.4, 0.5) is 14.6 Å². The monoisotopic (exact) mass is 453 g/mol. The lowest BCUT2D eigenvalue weighted by Gasteiger charge is -2.38. The molecule has 2 aliphatic heterocycles. The van der Waals surface area contributed by atoms with Crippen molar-refractivity contribution >= 4 is 5.82 Å². The SMILES string of the molecule is CN(c1cnc(-c2ccc(-c3ccn(CF)c(=O)c3)cc2O)cn1)[C@H]1C[C@@H]2CC[C@@H](N2)[C@H]1F. The molecule has 33 heavy (non-hydrogen) atoms. The van der Waals surface area contributed by atoms with Gasteiger partial charge in [0, 0.05) is 37.0 Å². The van der Waals surface area contributed by atoms with Crippen LogP contribution < -0.4 is 15.8 Å². The Morgan fingerprint density at radius 3 is 2.70 bits per heavy atom. The molecular formula is C24H25F2N5O2. The van der Waals surface area contributed by atoms with E-state index in [-0.39, 0.29) is 17.8 Å². The maximum Gasteiger partial charge on any atom is 0.253 e. The molecule has 2 N–H and O–H groups in total. The fraction of sp³-hybridized carbons (Fsp3) is 0.375. The summed E-state index contributed by atoms with van der Waals surface area (Å²) in [7, 11) is 1.84. The maximum absolute atomic E-state index is 14.9. The van der Waals surface area contributed by atoms with Gasteiger partial charge >= 0.3 is 0 Å². The number of phenolic OH excluding ortho intramolecular Hbond substituents is 1. The third kappa shape index (κ3) is 3.97. The fourth-order valence-electron chi connectivity index (χ4n) is 4.87. The van der Waals surface area contributed by atoms with E-state index < -0.39 is 18.5 Å². The summed E-state index contributed by atoms with van der Waals surface area (Å²) >= 11 is 0. The van der Waals surface area contributed by atoms with Gasteiger partial charge in [-0.15, -0.1) is 0 Å². The van der Waals surface area contributed by atoms with Crippen molar-refractivity contribution in [3.8, 4) is 28.1 Å². The Morgan fingerprint density at radius 1 is 1.18 bits per heavy atom. The second-order valence-electron chi connectivity index (χ2n) is 8.74. The van der Waals surface area contributed by atoms with Crippen molar-refractivity contribution in [3.05, 3.63) is 59.3 Å². The van der Waals surface area contributed by atoms with E-state index in [0.29, 0.717) is 34.2 Å². The Bertz CT molecular complexity index is 1220. The summed E-state index contributed by atoms with van der Waals surface area (Å²) in [6.07, 6.45) is 6.17. The molecular weight excluding hydrogens is 428 g/mol. The molecule has 172 valence electrons. The number of aromatic nitrogens is 3. The Labute approximate surface area is 189 Å². The highest BCUT2D eigenvalue weighted by Crippen LogP contribution is 2.34. The van der Waals surface area contributed by atoms with Crippen molar-refractivity contribution in [2.45, 2.75) is 50.4 Å². The summed E-state index contributed by atoms with van der Waals surface area (Å²) in [6, 6.07) is 7.93. The number of halogens is 2. The number of phenols is 1. The number of pyridine rings is 1. The van der Waals surface area contributed by atoms with Gasteiger partial charge in [-0.05, 0) is 48.6 Å². The minimum absolute atomic E-state index is 0.0173. The number of benzene rings is 1. The normalized spacial score (nSPS) is 24.1. The van der Waals surface area contributed by atoms with Crippen LogP contribution in [0.2, 0.25) is 0 Å². The number of anilines is 1. The third-order valence-corrected chi connectivity index (χ3v) is 6.78. The summed E-state index contributed by atoms with van der Waals surface area (Å²) < 4.78 is 28.6. The molecule has 1 aromatic carbocycles. The van der Waals surface area contributed by atoms with Crippen LogP contribution in [-0.4, -0.2) is 51.0 Å². The molecule has 0 unspecified atom stereocenters. The average molecular weight is 453 g/mol. The number of aromatic hydroxyl groups is 1. The van der Waals surface area contributed by atoms with E-state index in [0.717, 1.165) is 23.8 Å². The molecule has 5 rings (SSSR count). The second kappa shape index (κ2) is 8.55. The number of nitrogens with zero attached hydrogens (tertiary/aromatic N) is 4. The minimum atomic E-state index is -0.959. The topological polar surface area (TPSA) is 83.3 Å². The molecule has 3 aromatic rings. The highest BCUT2D eigenvalue weighted by molar-refractivity contribution is 5.74. The van der Waals surface area contributed by atoms with Crippen molar-refractivity contribution < 1.29 is 13.9 Å². The molecule has 4 atom stereocenters. The first kappa shape index (κ1) is 21.5. The third-order valence-electron chi connectivity index (χ3n) is 6.78.